The van der Waals surface area contributed by atoms with Gasteiger partial charge in [0.05, 0.1) is 12.0 Å². The largest absolute Gasteiger partial charge is 0.438 e. The van der Waals surface area contributed by atoms with E-state index in [0.717, 1.165) is 0 Å². The van der Waals surface area contributed by atoms with Crippen LogP contribution in [0.1, 0.15) is 16.8 Å². The highest BCUT2D eigenvalue weighted by molar-refractivity contribution is 5.90. The lowest BCUT2D eigenvalue weighted by Crippen LogP contribution is -2.50. The summed E-state index contributed by atoms with van der Waals surface area (Å²) in [7, 11) is 0. The number of ether oxygens (including phenoxy) is 1. The minimum absolute atomic E-state index is 0.0872. The van der Waals surface area contributed by atoms with Crippen LogP contribution in [-0.2, 0) is 9.53 Å². The highest BCUT2D eigenvalue weighted by Crippen LogP contribution is 2.09. The normalized spacial score (nSPS) is 19.4. The molecule has 1 saturated heterocycles. The number of rotatable bonds is 2. The number of carbonyl (C=O) groups is 2. The Labute approximate surface area is 80.9 Å². The van der Waals surface area contributed by atoms with Gasteiger partial charge in [0.1, 0.15) is 0 Å². The molecule has 1 amide bonds. The third-order valence-corrected chi connectivity index (χ3v) is 1.95. The Morgan fingerprint density at radius 3 is 2.57 bits per heavy atom. The molecule has 1 atom stereocenters. The fourth-order valence-corrected chi connectivity index (χ4v) is 1.17. The molecule has 0 saturated carbocycles. The van der Waals surface area contributed by atoms with Gasteiger partial charge in [-0.05, 0) is 12.1 Å². The van der Waals surface area contributed by atoms with Crippen molar-refractivity contribution in [3.05, 3.63) is 35.9 Å². The maximum atomic E-state index is 11.4. The monoisotopic (exact) mass is 191 g/mol. The second-order valence-electron chi connectivity index (χ2n) is 3.03. The Hall–Kier alpha value is -1.84. The highest BCUT2D eigenvalue weighted by atomic mass is 16.6. The first-order valence-electron chi connectivity index (χ1n) is 4.31. The van der Waals surface area contributed by atoms with Gasteiger partial charge in [-0.2, -0.15) is 0 Å². The summed E-state index contributed by atoms with van der Waals surface area (Å²) in [4.78, 5) is 21.9. The topological polar surface area (TPSA) is 55.4 Å². The van der Waals surface area contributed by atoms with Crippen molar-refractivity contribution in [1.82, 2.24) is 5.32 Å². The Morgan fingerprint density at radius 2 is 2.00 bits per heavy atom. The molecule has 1 aromatic rings. The number of hydrogen-bond donors (Lipinski definition) is 1. The van der Waals surface area contributed by atoms with E-state index < -0.39 is 12.2 Å². The molecular formula is C10H9NO3. The van der Waals surface area contributed by atoms with Crippen LogP contribution in [0.25, 0.3) is 0 Å². The van der Waals surface area contributed by atoms with Crippen molar-refractivity contribution in [2.24, 2.45) is 0 Å². The van der Waals surface area contributed by atoms with E-state index >= 15 is 0 Å². The molecule has 1 fully saturated rings. The van der Waals surface area contributed by atoms with E-state index in [1.807, 2.05) is 6.07 Å². The number of amides is 1. The number of carbonyl (C=O) groups excluding carboxylic acids is 2. The predicted octanol–water partition coefficient (Wildman–Crippen LogP) is 0.689. The molecule has 0 aromatic heterocycles. The van der Waals surface area contributed by atoms with Crippen molar-refractivity contribution >= 4 is 11.9 Å². The number of β-lactam (4-membered cyclic amide) rings is 1. The first-order chi connectivity index (χ1) is 6.75. The minimum atomic E-state index is -0.449. The maximum absolute atomic E-state index is 11.4. The van der Waals surface area contributed by atoms with E-state index in [2.05, 4.69) is 5.32 Å². The Morgan fingerprint density at radius 1 is 1.36 bits per heavy atom. The van der Waals surface area contributed by atoms with Crippen molar-refractivity contribution in [1.29, 1.82) is 0 Å². The molecule has 4 nitrogen and oxygen atoms in total. The number of benzene rings is 1. The van der Waals surface area contributed by atoms with Crippen LogP contribution in [0, 0.1) is 0 Å². The average molecular weight is 191 g/mol. The summed E-state index contributed by atoms with van der Waals surface area (Å²) >= 11 is 0. The van der Waals surface area contributed by atoms with E-state index in [1.54, 1.807) is 24.3 Å². The van der Waals surface area contributed by atoms with Crippen LogP contribution >= 0.6 is 0 Å². The van der Waals surface area contributed by atoms with Crippen LogP contribution in [-0.4, -0.2) is 18.1 Å². The number of esters is 1. The molecule has 1 aromatic carbocycles. The van der Waals surface area contributed by atoms with Gasteiger partial charge in [-0.15, -0.1) is 0 Å². The molecule has 2 rings (SSSR count). The van der Waals surface area contributed by atoms with Gasteiger partial charge in [0.25, 0.3) is 0 Å². The summed E-state index contributed by atoms with van der Waals surface area (Å²) in [5.74, 6) is -0.494. The molecule has 1 aliphatic heterocycles. The SMILES string of the molecule is O=C1CC(OC(=O)c2ccccc2)N1. The molecule has 0 radical (unpaired) electrons. The summed E-state index contributed by atoms with van der Waals surface area (Å²) in [6, 6.07) is 8.68. The molecule has 72 valence electrons. The molecule has 0 bridgehead atoms. The van der Waals surface area contributed by atoms with E-state index in [9.17, 15) is 9.59 Å². The van der Waals surface area contributed by atoms with Crippen molar-refractivity contribution in [2.75, 3.05) is 0 Å². The van der Waals surface area contributed by atoms with Gasteiger partial charge >= 0.3 is 5.97 Å². The first-order valence-corrected chi connectivity index (χ1v) is 4.31. The molecule has 0 aliphatic carbocycles. The second-order valence-corrected chi connectivity index (χ2v) is 3.03. The Kier molecular flexibility index (Phi) is 2.18. The van der Waals surface area contributed by atoms with Gasteiger partial charge in [0.15, 0.2) is 6.23 Å². The molecule has 1 aliphatic rings. The lowest BCUT2D eigenvalue weighted by atomic mass is 10.2. The Bertz CT molecular complexity index is 353. The van der Waals surface area contributed by atoms with Gasteiger partial charge in [-0.1, -0.05) is 18.2 Å². The van der Waals surface area contributed by atoms with Crippen LogP contribution in [0.5, 0.6) is 0 Å². The second kappa shape index (κ2) is 3.49. The molecule has 1 N–H and O–H groups in total. The van der Waals surface area contributed by atoms with Gasteiger partial charge < -0.3 is 10.1 Å². The summed E-state index contributed by atoms with van der Waals surface area (Å²) in [6.45, 7) is 0. The lowest BCUT2D eigenvalue weighted by molar-refractivity contribution is -0.136. The van der Waals surface area contributed by atoms with E-state index in [1.165, 1.54) is 0 Å². The van der Waals surface area contributed by atoms with Crippen molar-refractivity contribution < 1.29 is 14.3 Å². The van der Waals surface area contributed by atoms with Gasteiger partial charge in [-0.25, -0.2) is 4.79 Å². The van der Waals surface area contributed by atoms with E-state index in [-0.39, 0.29) is 12.3 Å². The van der Waals surface area contributed by atoms with Crippen molar-refractivity contribution in [2.45, 2.75) is 12.6 Å². The van der Waals surface area contributed by atoms with Crippen molar-refractivity contribution in [3.63, 3.8) is 0 Å². The standard InChI is InChI=1S/C10H9NO3/c12-8-6-9(11-8)14-10(13)7-4-2-1-3-5-7/h1-5,9H,6H2,(H,11,12). The smallest absolute Gasteiger partial charge is 0.340 e. The van der Waals surface area contributed by atoms with Crippen LogP contribution < -0.4 is 5.32 Å². The zero-order valence-electron chi connectivity index (χ0n) is 7.40. The molecular weight excluding hydrogens is 182 g/mol. The zero-order valence-corrected chi connectivity index (χ0v) is 7.40. The zero-order chi connectivity index (χ0) is 9.97. The fourth-order valence-electron chi connectivity index (χ4n) is 1.17. The van der Waals surface area contributed by atoms with Gasteiger partial charge in [-0.3, -0.25) is 4.79 Å². The fraction of sp³-hybridized carbons (Fsp3) is 0.200. The summed E-state index contributed by atoms with van der Waals surface area (Å²) < 4.78 is 4.97. The van der Waals surface area contributed by atoms with Gasteiger partial charge in [0.2, 0.25) is 5.91 Å². The number of hydrogen-bond acceptors (Lipinski definition) is 3. The summed E-state index contributed by atoms with van der Waals surface area (Å²) in [5.41, 5.74) is 0.494. The van der Waals surface area contributed by atoms with Crippen LogP contribution in [0.2, 0.25) is 0 Å². The average Bonchev–Trinajstić information content (AvgIpc) is 2.17. The third kappa shape index (κ3) is 1.74. The van der Waals surface area contributed by atoms with Gasteiger partial charge in [0, 0.05) is 0 Å². The first kappa shape index (κ1) is 8.74. The lowest BCUT2D eigenvalue weighted by Gasteiger charge is -2.26. The minimum Gasteiger partial charge on any atom is -0.438 e. The van der Waals surface area contributed by atoms with E-state index in [0.29, 0.717) is 5.56 Å². The quantitative estimate of drug-likeness (QED) is 0.552. The highest BCUT2D eigenvalue weighted by Gasteiger charge is 2.28. The molecule has 14 heavy (non-hydrogen) atoms. The van der Waals surface area contributed by atoms with Crippen LogP contribution in [0.3, 0.4) is 0 Å². The summed E-state index contributed by atoms with van der Waals surface area (Å²) in [5, 5.41) is 2.46. The molecule has 0 spiro atoms. The van der Waals surface area contributed by atoms with Crippen molar-refractivity contribution in [3.8, 4) is 0 Å². The maximum Gasteiger partial charge on any atom is 0.340 e. The third-order valence-electron chi connectivity index (χ3n) is 1.95. The molecule has 1 heterocycles. The Balaban J connectivity index is 1.93. The molecule has 1 unspecified atom stereocenters. The summed E-state index contributed by atoms with van der Waals surface area (Å²) in [6.07, 6.45) is -0.186. The van der Waals surface area contributed by atoms with Crippen LogP contribution in [0.15, 0.2) is 30.3 Å². The number of nitrogens with one attached hydrogen (secondary N) is 1. The van der Waals surface area contributed by atoms with Crippen LogP contribution in [0.4, 0.5) is 0 Å². The van der Waals surface area contributed by atoms with E-state index in [4.69, 9.17) is 4.74 Å². The predicted molar refractivity (Wildman–Crippen MR) is 48.4 cm³/mol. The molecule has 4 heteroatoms.